The first kappa shape index (κ1) is 15.5. The number of aliphatic hydroxyl groups excluding tert-OH is 1. The van der Waals surface area contributed by atoms with Crippen LogP contribution in [0.4, 0.5) is 5.69 Å². The highest BCUT2D eigenvalue weighted by molar-refractivity contribution is 6.33. The van der Waals surface area contributed by atoms with Crippen molar-refractivity contribution in [2.45, 2.75) is 6.61 Å². The molecule has 0 unspecified atom stereocenters. The lowest BCUT2D eigenvalue weighted by Gasteiger charge is -2.12. The Morgan fingerprint density at radius 1 is 1.17 bits per heavy atom. The Kier molecular flexibility index (Phi) is 4.06. The van der Waals surface area contributed by atoms with Gasteiger partial charge in [-0.1, -0.05) is 29.8 Å². The Labute approximate surface area is 136 Å². The highest BCUT2D eigenvalue weighted by Gasteiger charge is 2.17. The molecule has 0 radical (unpaired) electrons. The molecule has 3 rings (SSSR count). The van der Waals surface area contributed by atoms with Gasteiger partial charge in [-0.15, -0.1) is 5.23 Å². The fraction of sp³-hybridized carbons (Fsp3) is 0.0625. The van der Waals surface area contributed by atoms with Crippen LogP contribution in [0.3, 0.4) is 0 Å². The minimum Gasteiger partial charge on any atom is -0.392 e. The summed E-state index contributed by atoms with van der Waals surface area (Å²) in [6, 6.07) is 11.4. The van der Waals surface area contributed by atoms with Crippen molar-refractivity contribution in [3.63, 3.8) is 0 Å². The van der Waals surface area contributed by atoms with Crippen molar-refractivity contribution >= 4 is 34.1 Å². The summed E-state index contributed by atoms with van der Waals surface area (Å²) in [5.74, 6) is -0.374. The Morgan fingerprint density at radius 2 is 1.91 bits per heavy atom. The molecule has 0 atom stereocenters. The van der Waals surface area contributed by atoms with E-state index >= 15 is 0 Å². The van der Waals surface area contributed by atoms with Crippen LogP contribution in [0.15, 0.2) is 48.7 Å². The minimum absolute atomic E-state index is 0.0972. The van der Waals surface area contributed by atoms with Gasteiger partial charge in [-0.05, 0) is 24.3 Å². The van der Waals surface area contributed by atoms with Crippen LogP contribution in [0, 0.1) is 0 Å². The molecule has 0 spiro atoms. The molecule has 1 aromatic heterocycles. The molecule has 7 heteroatoms. The second-order valence-corrected chi connectivity index (χ2v) is 5.37. The molecule has 0 amide bonds. The van der Waals surface area contributed by atoms with Crippen LogP contribution in [0.5, 0.6) is 0 Å². The van der Waals surface area contributed by atoms with E-state index in [1.54, 1.807) is 18.3 Å². The third-order valence-corrected chi connectivity index (χ3v) is 3.91. The van der Waals surface area contributed by atoms with Crippen LogP contribution in [0.1, 0.15) is 15.9 Å². The first-order chi connectivity index (χ1) is 11.0. The standard InChI is InChI=1S/C16H13ClN2O4/c17-13-6-5-10(7-15(13)19(22)23)16(21)18-8-11(9-20)12-3-1-2-4-14(12)18/h1-8,20,22-23H,9H2. The lowest BCUT2D eigenvalue weighted by Crippen LogP contribution is -2.15. The maximum atomic E-state index is 12.7. The maximum absolute atomic E-state index is 12.7. The molecule has 1 heterocycles. The van der Waals surface area contributed by atoms with Gasteiger partial charge >= 0.3 is 0 Å². The summed E-state index contributed by atoms with van der Waals surface area (Å²) in [5.41, 5.74) is 1.41. The third-order valence-electron chi connectivity index (χ3n) is 3.59. The van der Waals surface area contributed by atoms with Gasteiger partial charge in [0.15, 0.2) is 0 Å². The first-order valence-electron chi connectivity index (χ1n) is 6.75. The average Bonchev–Trinajstić information content (AvgIpc) is 2.93. The number of fused-ring (bicyclic) bond motifs is 1. The molecule has 6 nitrogen and oxygen atoms in total. The van der Waals surface area contributed by atoms with E-state index in [1.165, 1.54) is 22.8 Å². The van der Waals surface area contributed by atoms with Crippen molar-refractivity contribution in [2.75, 3.05) is 5.23 Å². The summed E-state index contributed by atoms with van der Waals surface area (Å²) < 4.78 is 1.41. The van der Waals surface area contributed by atoms with Gasteiger partial charge in [-0.25, -0.2) is 0 Å². The molecule has 0 saturated heterocycles. The van der Waals surface area contributed by atoms with E-state index in [1.807, 2.05) is 12.1 Å². The van der Waals surface area contributed by atoms with Crippen molar-refractivity contribution in [3.8, 4) is 0 Å². The topological polar surface area (TPSA) is 85.9 Å². The minimum atomic E-state index is -0.374. The summed E-state index contributed by atoms with van der Waals surface area (Å²) in [5, 5.41) is 28.5. The summed E-state index contributed by atoms with van der Waals surface area (Å²) in [6.45, 7) is -0.187. The van der Waals surface area contributed by atoms with Crippen LogP contribution in [0.2, 0.25) is 5.02 Å². The Morgan fingerprint density at radius 3 is 2.61 bits per heavy atom. The quantitative estimate of drug-likeness (QED) is 0.642. The van der Waals surface area contributed by atoms with Gasteiger partial charge in [0.25, 0.3) is 5.91 Å². The SMILES string of the molecule is O=C(c1ccc(Cl)c(N(O)O)c1)n1cc(CO)c2ccccc21. The normalized spacial score (nSPS) is 11.0. The third kappa shape index (κ3) is 2.69. The summed E-state index contributed by atoms with van der Waals surface area (Å²) >= 11 is 5.85. The van der Waals surface area contributed by atoms with Gasteiger partial charge in [0.1, 0.15) is 5.69 Å². The molecule has 0 aliphatic carbocycles. The fourth-order valence-electron chi connectivity index (χ4n) is 2.48. The van der Waals surface area contributed by atoms with Gasteiger partial charge in [0, 0.05) is 22.7 Å². The largest absolute Gasteiger partial charge is 0.392 e. The van der Waals surface area contributed by atoms with Gasteiger partial charge in [-0.3, -0.25) is 19.8 Å². The monoisotopic (exact) mass is 332 g/mol. The number of anilines is 1. The second-order valence-electron chi connectivity index (χ2n) is 4.96. The van der Waals surface area contributed by atoms with Crippen molar-refractivity contribution < 1.29 is 20.3 Å². The molecular weight excluding hydrogens is 320 g/mol. The van der Waals surface area contributed by atoms with E-state index < -0.39 is 0 Å². The first-order valence-corrected chi connectivity index (χ1v) is 7.12. The average molecular weight is 333 g/mol. The molecule has 0 aliphatic heterocycles. The molecule has 0 bridgehead atoms. The molecule has 0 fully saturated rings. The molecule has 0 aliphatic rings. The van der Waals surface area contributed by atoms with Crippen molar-refractivity contribution in [1.82, 2.24) is 4.57 Å². The number of rotatable bonds is 3. The second kappa shape index (κ2) is 6.02. The van der Waals surface area contributed by atoms with E-state index in [2.05, 4.69) is 0 Å². The zero-order valence-electron chi connectivity index (χ0n) is 11.8. The zero-order chi connectivity index (χ0) is 16.6. The number of aliphatic hydroxyl groups is 1. The van der Waals surface area contributed by atoms with E-state index in [4.69, 9.17) is 22.0 Å². The Hall–Kier alpha value is -2.38. The van der Waals surface area contributed by atoms with E-state index in [0.29, 0.717) is 11.1 Å². The Balaban J connectivity index is 2.13. The zero-order valence-corrected chi connectivity index (χ0v) is 12.6. The van der Waals surface area contributed by atoms with Crippen LogP contribution in [0.25, 0.3) is 10.9 Å². The van der Waals surface area contributed by atoms with E-state index in [0.717, 1.165) is 5.39 Å². The predicted octanol–water partition coefficient (Wildman–Crippen LogP) is 3.06. The lowest BCUT2D eigenvalue weighted by atomic mass is 10.1. The van der Waals surface area contributed by atoms with Crippen LogP contribution in [-0.2, 0) is 6.61 Å². The van der Waals surface area contributed by atoms with Gasteiger partial charge in [0.2, 0.25) is 0 Å². The van der Waals surface area contributed by atoms with Gasteiger partial charge in [0.05, 0.1) is 17.1 Å². The number of carbonyl (C=O) groups excluding carboxylic acids is 1. The van der Waals surface area contributed by atoms with Crippen LogP contribution in [-0.4, -0.2) is 26.0 Å². The molecule has 118 valence electrons. The van der Waals surface area contributed by atoms with Crippen LogP contribution < -0.4 is 5.23 Å². The van der Waals surface area contributed by atoms with Crippen molar-refractivity contribution in [3.05, 3.63) is 64.8 Å². The molecule has 2 aromatic carbocycles. The number of para-hydroxylation sites is 1. The maximum Gasteiger partial charge on any atom is 0.262 e. The van der Waals surface area contributed by atoms with Crippen LogP contribution >= 0.6 is 11.6 Å². The van der Waals surface area contributed by atoms with Crippen molar-refractivity contribution in [2.24, 2.45) is 0 Å². The summed E-state index contributed by atoms with van der Waals surface area (Å²) in [6.07, 6.45) is 1.57. The van der Waals surface area contributed by atoms with Crippen molar-refractivity contribution in [1.29, 1.82) is 0 Å². The number of benzene rings is 2. The van der Waals surface area contributed by atoms with E-state index in [9.17, 15) is 9.90 Å². The smallest absolute Gasteiger partial charge is 0.262 e. The number of carbonyl (C=O) groups is 1. The predicted molar refractivity (Wildman–Crippen MR) is 85.1 cm³/mol. The molecule has 0 saturated carbocycles. The van der Waals surface area contributed by atoms with Gasteiger partial charge in [-0.2, -0.15) is 0 Å². The highest BCUT2D eigenvalue weighted by atomic mass is 35.5. The number of hydrogen-bond donors (Lipinski definition) is 3. The van der Waals surface area contributed by atoms with Gasteiger partial charge < -0.3 is 5.11 Å². The van der Waals surface area contributed by atoms with E-state index in [-0.39, 0.29) is 34.0 Å². The number of aromatic nitrogens is 1. The number of hydrogen-bond acceptors (Lipinski definition) is 5. The highest BCUT2D eigenvalue weighted by Crippen LogP contribution is 2.27. The summed E-state index contributed by atoms with van der Waals surface area (Å²) in [7, 11) is 0. The molecule has 3 N–H and O–H groups in total. The number of halogens is 1. The fourth-order valence-corrected chi connectivity index (χ4v) is 2.68. The number of nitrogens with zero attached hydrogens (tertiary/aromatic N) is 2. The summed E-state index contributed by atoms with van der Waals surface area (Å²) in [4.78, 5) is 12.7. The molecular formula is C16H13ClN2O4. The molecule has 3 aromatic rings. The molecule has 23 heavy (non-hydrogen) atoms. The Bertz CT molecular complexity index is 889. The lowest BCUT2D eigenvalue weighted by molar-refractivity contribution is 0.0292.